The van der Waals surface area contributed by atoms with Gasteiger partial charge in [0, 0.05) is 4.88 Å². The Morgan fingerprint density at radius 3 is 3.06 bits per heavy atom. The minimum atomic E-state index is -0.932. The molecule has 90 valence electrons. The second-order valence-corrected chi connectivity index (χ2v) is 5.42. The quantitative estimate of drug-likeness (QED) is 0.653. The largest absolute Gasteiger partial charge is 0.481 e. The van der Waals surface area contributed by atoms with Gasteiger partial charge in [-0.15, -0.1) is 11.3 Å². The van der Waals surface area contributed by atoms with E-state index >= 15 is 0 Å². The van der Waals surface area contributed by atoms with Crippen molar-refractivity contribution in [1.29, 1.82) is 0 Å². The summed E-state index contributed by atoms with van der Waals surface area (Å²) < 4.78 is 0. The lowest BCUT2D eigenvalue weighted by Crippen LogP contribution is -2.08. The highest BCUT2D eigenvalue weighted by molar-refractivity contribution is 7.99. The predicted molar refractivity (Wildman–Crippen MR) is 68.0 cm³/mol. The van der Waals surface area contributed by atoms with Crippen molar-refractivity contribution in [3.8, 4) is 0 Å². The van der Waals surface area contributed by atoms with Gasteiger partial charge in [-0.25, -0.2) is 4.98 Å². The minimum absolute atomic E-state index is 0.111. The summed E-state index contributed by atoms with van der Waals surface area (Å²) >= 11 is 2.48. The van der Waals surface area contributed by atoms with Crippen LogP contribution in [0.3, 0.4) is 0 Å². The molecule has 7 heteroatoms. The van der Waals surface area contributed by atoms with Crippen molar-refractivity contribution in [3.05, 3.63) is 21.3 Å². The Kier molecular flexibility index (Phi) is 3.49. The highest BCUT2D eigenvalue weighted by atomic mass is 32.2. The van der Waals surface area contributed by atoms with Crippen LogP contribution in [0.2, 0.25) is 0 Å². The molecule has 0 unspecified atom stereocenters. The molecule has 0 saturated carbocycles. The molecule has 0 fully saturated rings. The summed E-state index contributed by atoms with van der Waals surface area (Å²) in [6.45, 7) is 2.01. The Bertz CT molecular complexity index is 618. The molecule has 2 aromatic rings. The zero-order valence-electron chi connectivity index (χ0n) is 9.02. The van der Waals surface area contributed by atoms with Crippen LogP contribution in [0, 0.1) is 0 Å². The van der Waals surface area contributed by atoms with E-state index in [1.54, 1.807) is 0 Å². The first-order valence-corrected chi connectivity index (χ1v) is 6.77. The number of aryl methyl sites for hydroxylation is 1. The number of carboxylic acid groups (broad SMARTS) is 1. The van der Waals surface area contributed by atoms with E-state index in [2.05, 4.69) is 9.97 Å². The molecule has 2 N–H and O–H groups in total. The molecule has 0 aliphatic heterocycles. The topological polar surface area (TPSA) is 83.0 Å². The smallest absolute Gasteiger partial charge is 0.313 e. The Morgan fingerprint density at radius 2 is 2.41 bits per heavy atom. The van der Waals surface area contributed by atoms with Crippen molar-refractivity contribution in [3.63, 3.8) is 0 Å². The maximum atomic E-state index is 11.7. The molecule has 0 radical (unpaired) electrons. The van der Waals surface area contributed by atoms with Gasteiger partial charge < -0.3 is 10.1 Å². The van der Waals surface area contributed by atoms with Crippen LogP contribution in [0.15, 0.2) is 16.0 Å². The first-order chi connectivity index (χ1) is 8.10. The fourth-order valence-corrected chi connectivity index (χ4v) is 2.94. The molecule has 0 bridgehead atoms. The fraction of sp³-hybridized carbons (Fsp3) is 0.300. The third kappa shape index (κ3) is 2.67. The molecular weight excluding hydrogens is 260 g/mol. The summed E-state index contributed by atoms with van der Waals surface area (Å²) in [4.78, 5) is 30.7. The van der Waals surface area contributed by atoms with Crippen molar-refractivity contribution < 1.29 is 9.90 Å². The van der Waals surface area contributed by atoms with Crippen molar-refractivity contribution >= 4 is 39.3 Å². The van der Waals surface area contributed by atoms with Gasteiger partial charge in [-0.1, -0.05) is 18.7 Å². The number of rotatable bonds is 4. The molecule has 0 saturated heterocycles. The maximum Gasteiger partial charge on any atom is 0.313 e. The van der Waals surface area contributed by atoms with E-state index in [0.29, 0.717) is 15.4 Å². The molecule has 0 amide bonds. The SMILES string of the molecule is CCc1cc2c(=O)[nH]c(SCC(=O)O)nc2s1. The van der Waals surface area contributed by atoms with E-state index in [9.17, 15) is 9.59 Å². The van der Waals surface area contributed by atoms with Crippen molar-refractivity contribution in [2.24, 2.45) is 0 Å². The first-order valence-electron chi connectivity index (χ1n) is 4.97. The zero-order chi connectivity index (χ0) is 12.4. The van der Waals surface area contributed by atoms with E-state index in [1.807, 2.05) is 13.0 Å². The third-order valence-electron chi connectivity index (χ3n) is 2.11. The Labute approximate surface area is 105 Å². The van der Waals surface area contributed by atoms with Crippen LogP contribution in [0.5, 0.6) is 0 Å². The van der Waals surface area contributed by atoms with Gasteiger partial charge in [-0.2, -0.15) is 0 Å². The number of fused-ring (bicyclic) bond motifs is 1. The van der Waals surface area contributed by atoms with E-state index in [4.69, 9.17) is 5.11 Å². The molecule has 2 aromatic heterocycles. The summed E-state index contributed by atoms with van der Waals surface area (Å²) in [5, 5.41) is 9.49. The van der Waals surface area contributed by atoms with Crippen molar-refractivity contribution in [2.45, 2.75) is 18.5 Å². The Balaban J connectivity index is 2.40. The maximum absolute atomic E-state index is 11.7. The average Bonchev–Trinajstić information content (AvgIpc) is 2.70. The summed E-state index contributed by atoms with van der Waals surface area (Å²) in [7, 11) is 0. The lowest BCUT2D eigenvalue weighted by atomic mass is 10.3. The Hall–Kier alpha value is -1.34. The van der Waals surface area contributed by atoms with Crippen LogP contribution in [0.25, 0.3) is 10.2 Å². The van der Waals surface area contributed by atoms with E-state index in [-0.39, 0.29) is 11.3 Å². The van der Waals surface area contributed by atoms with Crippen molar-refractivity contribution in [1.82, 2.24) is 9.97 Å². The Morgan fingerprint density at radius 1 is 1.65 bits per heavy atom. The molecule has 0 aliphatic carbocycles. The third-order valence-corrected chi connectivity index (χ3v) is 4.14. The first kappa shape index (κ1) is 12.1. The number of hydrogen-bond donors (Lipinski definition) is 2. The number of nitrogens with one attached hydrogen (secondary N) is 1. The highest BCUT2D eigenvalue weighted by Crippen LogP contribution is 2.23. The normalized spacial score (nSPS) is 10.9. The van der Waals surface area contributed by atoms with Gasteiger partial charge >= 0.3 is 5.97 Å². The van der Waals surface area contributed by atoms with Crippen LogP contribution < -0.4 is 5.56 Å². The number of thiophene rings is 1. The second-order valence-electron chi connectivity index (χ2n) is 3.34. The van der Waals surface area contributed by atoms with E-state index in [0.717, 1.165) is 23.1 Å². The van der Waals surface area contributed by atoms with Crippen LogP contribution in [0.1, 0.15) is 11.8 Å². The summed E-state index contributed by atoms with van der Waals surface area (Å²) in [6.07, 6.45) is 0.859. The predicted octanol–water partition coefficient (Wildman–Crippen LogP) is 1.72. The summed E-state index contributed by atoms with van der Waals surface area (Å²) in [5.41, 5.74) is -0.209. The molecule has 2 heterocycles. The molecular formula is C10H10N2O3S2. The number of aromatic nitrogens is 2. The van der Waals surface area contributed by atoms with Gasteiger partial charge in [0.15, 0.2) is 5.16 Å². The van der Waals surface area contributed by atoms with Crippen LogP contribution >= 0.6 is 23.1 Å². The second kappa shape index (κ2) is 4.89. The fourth-order valence-electron chi connectivity index (χ4n) is 1.33. The van der Waals surface area contributed by atoms with Crippen molar-refractivity contribution in [2.75, 3.05) is 5.75 Å². The van der Waals surface area contributed by atoms with Gasteiger partial charge in [0.25, 0.3) is 5.56 Å². The zero-order valence-corrected chi connectivity index (χ0v) is 10.7. The molecule has 2 rings (SSSR count). The number of carbonyl (C=O) groups is 1. The van der Waals surface area contributed by atoms with Crippen LogP contribution in [0.4, 0.5) is 0 Å². The van der Waals surface area contributed by atoms with Gasteiger partial charge in [-0.05, 0) is 12.5 Å². The molecule has 0 aromatic carbocycles. The van der Waals surface area contributed by atoms with Gasteiger partial charge in [0.05, 0.1) is 11.1 Å². The lowest BCUT2D eigenvalue weighted by molar-refractivity contribution is -0.133. The number of aliphatic carboxylic acids is 1. The monoisotopic (exact) mass is 270 g/mol. The van der Waals surface area contributed by atoms with Crippen LogP contribution in [-0.4, -0.2) is 26.8 Å². The van der Waals surface area contributed by atoms with Gasteiger partial charge in [0.2, 0.25) is 0 Å². The number of H-pyrrole nitrogens is 1. The molecule has 0 aliphatic rings. The number of aromatic amines is 1. The molecule has 17 heavy (non-hydrogen) atoms. The van der Waals surface area contributed by atoms with Gasteiger partial charge in [0.1, 0.15) is 4.83 Å². The summed E-state index contributed by atoms with van der Waals surface area (Å²) in [6, 6.07) is 1.83. The molecule has 0 atom stereocenters. The number of thioether (sulfide) groups is 1. The highest BCUT2D eigenvalue weighted by Gasteiger charge is 2.09. The van der Waals surface area contributed by atoms with E-state index in [1.165, 1.54) is 11.3 Å². The van der Waals surface area contributed by atoms with E-state index < -0.39 is 5.97 Å². The summed E-state index contributed by atoms with van der Waals surface area (Å²) in [5.74, 6) is -1.04. The van der Waals surface area contributed by atoms with Gasteiger partial charge in [-0.3, -0.25) is 9.59 Å². The average molecular weight is 270 g/mol. The molecule has 0 spiro atoms. The number of carboxylic acids is 1. The standard InChI is InChI=1S/C10H10N2O3S2/c1-2-5-3-6-8(15)11-10(12-9(6)17-5)16-4-7(13)14/h3H,2,4H2,1H3,(H,13,14)(H,11,12,15). The number of hydrogen-bond acceptors (Lipinski definition) is 5. The minimum Gasteiger partial charge on any atom is -0.481 e. The molecule has 5 nitrogen and oxygen atoms in total. The van der Waals surface area contributed by atoms with Crippen LogP contribution in [-0.2, 0) is 11.2 Å². The lowest BCUT2D eigenvalue weighted by Gasteiger charge is -1.97. The number of nitrogens with zero attached hydrogens (tertiary/aromatic N) is 1.